The van der Waals surface area contributed by atoms with Crippen molar-refractivity contribution in [2.45, 2.75) is 6.18 Å². The van der Waals surface area contributed by atoms with Crippen LogP contribution in [0.3, 0.4) is 0 Å². The third kappa shape index (κ3) is 3.79. The number of hydrogen-bond donors (Lipinski definition) is 0. The van der Waals surface area contributed by atoms with Gasteiger partial charge in [0.25, 0.3) is 0 Å². The van der Waals surface area contributed by atoms with E-state index in [2.05, 4.69) is 9.72 Å². The molecule has 13 heavy (non-hydrogen) atoms. The van der Waals surface area contributed by atoms with Crippen LogP contribution in [0.1, 0.15) is 0 Å². The van der Waals surface area contributed by atoms with Crippen LogP contribution in [0.15, 0.2) is 18.3 Å². The van der Waals surface area contributed by atoms with Crippen molar-refractivity contribution in [3.8, 4) is 5.88 Å². The lowest BCUT2D eigenvalue weighted by molar-refractivity contribution is -0.154. The van der Waals surface area contributed by atoms with Gasteiger partial charge in [0.05, 0.1) is 3.57 Å². The van der Waals surface area contributed by atoms with Crippen LogP contribution < -0.4 is 4.74 Å². The molecule has 0 aliphatic heterocycles. The number of aromatic nitrogens is 1. The minimum Gasteiger partial charge on any atom is -0.467 e. The van der Waals surface area contributed by atoms with Crippen LogP contribution in [0.5, 0.6) is 5.88 Å². The van der Waals surface area contributed by atoms with Gasteiger partial charge in [-0.25, -0.2) is 4.98 Å². The van der Waals surface area contributed by atoms with Gasteiger partial charge in [0, 0.05) is 6.20 Å². The van der Waals surface area contributed by atoms with Crippen molar-refractivity contribution in [3.63, 3.8) is 0 Å². The molecule has 1 rings (SSSR count). The largest absolute Gasteiger partial charge is 0.467 e. The zero-order valence-corrected chi connectivity index (χ0v) is 8.46. The summed E-state index contributed by atoms with van der Waals surface area (Å²) in [6, 6.07) is 3.25. The molecule has 0 aromatic carbocycles. The summed E-state index contributed by atoms with van der Waals surface area (Å²) in [6.45, 7) is -1.31. The van der Waals surface area contributed by atoms with Gasteiger partial charge in [0.1, 0.15) is 0 Å². The first-order valence-corrected chi connectivity index (χ1v) is 4.37. The average Bonchev–Trinajstić information content (AvgIpc) is 2.01. The Bertz CT molecular complexity index is 289. The van der Waals surface area contributed by atoms with Gasteiger partial charge in [-0.05, 0) is 34.7 Å². The molecule has 1 aromatic heterocycles. The second-order valence-corrected chi connectivity index (χ2v) is 3.36. The molecule has 1 aromatic rings. The SMILES string of the molecule is FC(F)(F)COc1ncccc1I. The van der Waals surface area contributed by atoms with Crippen molar-refractivity contribution >= 4 is 22.6 Å². The summed E-state index contributed by atoms with van der Waals surface area (Å²) >= 11 is 1.86. The smallest absolute Gasteiger partial charge is 0.422 e. The van der Waals surface area contributed by atoms with Crippen LogP contribution in [0.2, 0.25) is 0 Å². The van der Waals surface area contributed by atoms with Gasteiger partial charge in [0.15, 0.2) is 6.61 Å². The molecule has 2 nitrogen and oxygen atoms in total. The molecule has 0 bridgehead atoms. The summed E-state index contributed by atoms with van der Waals surface area (Å²) in [7, 11) is 0. The Balaban J connectivity index is 2.60. The predicted molar refractivity (Wildman–Crippen MR) is 48.5 cm³/mol. The average molecular weight is 303 g/mol. The molecule has 72 valence electrons. The molecule has 0 saturated heterocycles. The minimum absolute atomic E-state index is 0.0143. The highest BCUT2D eigenvalue weighted by Gasteiger charge is 2.28. The van der Waals surface area contributed by atoms with Gasteiger partial charge in [0.2, 0.25) is 5.88 Å². The van der Waals surface area contributed by atoms with Crippen molar-refractivity contribution in [2.75, 3.05) is 6.61 Å². The van der Waals surface area contributed by atoms with Gasteiger partial charge in [-0.3, -0.25) is 0 Å². The van der Waals surface area contributed by atoms with E-state index in [1.165, 1.54) is 6.20 Å². The van der Waals surface area contributed by atoms with E-state index in [4.69, 9.17) is 0 Å². The summed E-state index contributed by atoms with van der Waals surface area (Å²) in [5.74, 6) is 0.0143. The molecule has 0 amide bonds. The fourth-order valence-corrected chi connectivity index (χ4v) is 1.13. The van der Waals surface area contributed by atoms with E-state index in [1.807, 2.05) is 22.6 Å². The summed E-state index contributed by atoms with van der Waals surface area (Å²) < 4.78 is 40.2. The number of ether oxygens (including phenoxy) is 1. The third-order valence-corrected chi connectivity index (χ3v) is 1.92. The predicted octanol–water partition coefficient (Wildman–Crippen LogP) is 2.63. The Morgan fingerprint density at radius 3 is 2.69 bits per heavy atom. The van der Waals surface area contributed by atoms with E-state index < -0.39 is 12.8 Å². The van der Waals surface area contributed by atoms with Crippen LogP contribution >= 0.6 is 22.6 Å². The summed E-state index contributed by atoms with van der Waals surface area (Å²) in [5, 5.41) is 0. The molecule has 0 saturated carbocycles. The Morgan fingerprint density at radius 2 is 2.15 bits per heavy atom. The monoisotopic (exact) mass is 303 g/mol. The first-order valence-electron chi connectivity index (χ1n) is 3.29. The molecule has 1 heterocycles. The molecule has 0 N–H and O–H groups in total. The number of hydrogen-bond acceptors (Lipinski definition) is 2. The molecule has 0 aliphatic carbocycles. The Hall–Kier alpha value is -0.530. The fourth-order valence-electron chi connectivity index (χ4n) is 0.628. The molecule has 0 atom stereocenters. The van der Waals surface area contributed by atoms with E-state index in [0.717, 1.165) is 0 Å². The maximum absolute atomic E-state index is 11.7. The lowest BCUT2D eigenvalue weighted by atomic mass is 10.5. The van der Waals surface area contributed by atoms with Crippen LogP contribution in [-0.2, 0) is 0 Å². The second kappa shape index (κ2) is 4.12. The maximum Gasteiger partial charge on any atom is 0.422 e. The van der Waals surface area contributed by atoms with Crippen molar-refractivity contribution < 1.29 is 17.9 Å². The quantitative estimate of drug-likeness (QED) is 0.784. The van der Waals surface area contributed by atoms with Crippen LogP contribution in [-0.4, -0.2) is 17.8 Å². The van der Waals surface area contributed by atoms with Crippen LogP contribution in [0.25, 0.3) is 0 Å². The van der Waals surface area contributed by atoms with Gasteiger partial charge >= 0.3 is 6.18 Å². The van der Waals surface area contributed by atoms with Crippen molar-refractivity contribution in [2.24, 2.45) is 0 Å². The van der Waals surface area contributed by atoms with E-state index in [1.54, 1.807) is 12.1 Å². The van der Waals surface area contributed by atoms with Crippen molar-refractivity contribution in [1.29, 1.82) is 0 Å². The van der Waals surface area contributed by atoms with E-state index in [0.29, 0.717) is 3.57 Å². The first-order chi connectivity index (χ1) is 5.99. The maximum atomic E-state index is 11.7. The normalized spacial score (nSPS) is 11.4. The summed E-state index contributed by atoms with van der Waals surface area (Å²) in [6.07, 6.45) is -2.94. The molecule has 0 aliphatic rings. The number of alkyl halides is 3. The number of rotatable bonds is 2. The van der Waals surface area contributed by atoms with Crippen molar-refractivity contribution in [3.05, 3.63) is 21.9 Å². The minimum atomic E-state index is -4.32. The molecular formula is C7H5F3INO. The lowest BCUT2D eigenvalue weighted by Crippen LogP contribution is -2.20. The zero-order chi connectivity index (χ0) is 9.90. The molecule has 0 unspecified atom stereocenters. The highest BCUT2D eigenvalue weighted by atomic mass is 127. The van der Waals surface area contributed by atoms with E-state index in [9.17, 15) is 13.2 Å². The van der Waals surface area contributed by atoms with Crippen LogP contribution in [0, 0.1) is 3.57 Å². The Kier molecular flexibility index (Phi) is 3.34. The Morgan fingerprint density at radius 1 is 1.46 bits per heavy atom. The van der Waals surface area contributed by atoms with Crippen molar-refractivity contribution in [1.82, 2.24) is 4.98 Å². The standard InChI is InChI=1S/C7H5F3INO/c8-7(9,10)4-13-6-5(11)2-1-3-12-6/h1-3H,4H2. The Labute approximate surface area is 86.3 Å². The van der Waals surface area contributed by atoms with E-state index >= 15 is 0 Å². The highest BCUT2D eigenvalue weighted by molar-refractivity contribution is 14.1. The lowest BCUT2D eigenvalue weighted by Gasteiger charge is -2.08. The fraction of sp³-hybridized carbons (Fsp3) is 0.286. The zero-order valence-electron chi connectivity index (χ0n) is 6.31. The number of halogens is 4. The third-order valence-electron chi connectivity index (χ3n) is 1.10. The summed E-state index contributed by atoms with van der Waals surface area (Å²) in [5.41, 5.74) is 0. The molecule has 0 radical (unpaired) electrons. The molecule has 6 heteroatoms. The summed E-state index contributed by atoms with van der Waals surface area (Å²) in [4.78, 5) is 3.65. The van der Waals surface area contributed by atoms with Gasteiger partial charge < -0.3 is 4.74 Å². The highest BCUT2D eigenvalue weighted by Crippen LogP contribution is 2.20. The molecule has 0 spiro atoms. The van der Waals surface area contributed by atoms with Gasteiger partial charge in [-0.1, -0.05) is 0 Å². The van der Waals surface area contributed by atoms with Crippen LogP contribution in [0.4, 0.5) is 13.2 Å². The van der Waals surface area contributed by atoms with Gasteiger partial charge in [-0.15, -0.1) is 0 Å². The first kappa shape index (κ1) is 10.6. The number of nitrogens with zero attached hydrogens (tertiary/aromatic N) is 1. The van der Waals surface area contributed by atoms with E-state index in [-0.39, 0.29) is 5.88 Å². The molecule has 0 fully saturated rings. The topological polar surface area (TPSA) is 22.1 Å². The second-order valence-electron chi connectivity index (χ2n) is 2.19. The molecular weight excluding hydrogens is 298 g/mol. The van der Waals surface area contributed by atoms with Gasteiger partial charge in [-0.2, -0.15) is 13.2 Å². The number of pyridine rings is 1.